The lowest BCUT2D eigenvalue weighted by atomic mass is 9.95. The molecule has 178 valence electrons. The molecule has 0 spiro atoms. The van der Waals surface area contributed by atoms with E-state index >= 15 is 0 Å². The smallest absolute Gasteiger partial charge is 0.279 e. The minimum atomic E-state index is -3.66. The van der Waals surface area contributed by atoms with Crippen LogP contribution in [0, 0.1) is 18.2 Å². The first-order valence-electron chi connectivity index (χ1n) is 11.3. The third-order valence-corrected chi connectivity index (χ3v) is 9.19. The maximum absolute atomic E-state index is 14.4. The van der Waals surface area contributed by atoms with Crippen molar-refractivity contribution in [1.82, 2.24) is 8.87 Å². The number of thiazole rings is 1. The standard InChI is InChI=1S/C25H26FN3O3S2/c1-3-17-28-23-21(26)11-8-12-22(23)33-25(28)27-24(30)18-13-15-20(16-14-18)34(31,32)29(4-2)19-9-6-5-7-10-19/h1,8,11-16,19H,4-7,9-10,17H2,2H3. The van der Waals surface area contributed by atoms with Crippen LogP contribution in [0.2, 0.25) is 0 Å². The zero-order valence-electron chi connectivity index (χ0n) is 18.9. The summed E-state index contributed by atoms with van der Waals surface area (Å²) < 4.78 is 44.5. The van der Waals surface area contributed by atoms with Crippen LogP contribution in [0.15, 0.2) is 52.4 Å². The molecule has 2 aromatic carbocycles. The van der Waals surface area contributed by atoms with Crippen LogP contribution < -0.4 is 4.80 Å². The number of carbonyl (C=O) groups is 1. The number of halogens is 1. The maximum atomic E-state index is 14.4. The normalized spacial score (nSPS) is 15.6. The Morgan fingerprint density at radius 1 is 1.21 bits per heavy atom. The zero-order chi connectivity index (χ0) is 24.3. The Kier molecular flexibility index (Phi) is 7.31. The molecule has 1 aliphatic rings. The molecular weight excluding hydrogens is 473 g/mol. The Hall–Kier alpha value is -2.80. The number of sulfonamides is 1. The van der Waals surface area contributed by atoms with Gasteiger partial charge in [-0.3, -0.25) is 4.79 Å². The van der Waals surface area contributed by atoms with E-state index in [2.05, 4.69) is 10.9 Å². The van der Waals surface area contributed by atoms with Gasteiger partial charge >= 0.3 is 0 Å². The van der Waals surface area contributed by atoms with Gasteiger partial charge in [0.05, 0.1) is 21.7 Å². The van der Waals surface area contributed by atoms with Crippen LogP contribution in [0.3, 0.4) is 0 Å². The van der Waals surface area contributed by atoms with Crippen molar-refractivity contribution < 1.29 is 17.6 Å². The average molecular weight is 500 g/mol. The number of hydrogen-bond donors (Lipinski definition) is 0. The third-order valence-electron chi connectivity index (χ3n) is 6.10. The quantitative estimate of drug-likeness (QED) is 0.467. The molecule has 0 unspecified atom stereocenters. The predicted molar refractivity (Wildman–Crippen MR) is 131 cm³/mol. The van der Waals surface area contributed by atoms with Gasteiger partial charge in [-0.1, -0.05) is 49.5 Å². The van der Waals surface area contributed by atoms with E-state index in [1.54, 1.807) is 16.4 Å². The van der Waals surface area contributed by atoms with Crippen molar-refractivity contribution in [1.29, 1.82) is 0 Å². The number of fused-ring (bicyclic) bond motifs is 1. The lowest BCUT2D eigenvalue weighted by Crippen LogP contribution is -2.41. The first-order valence-corrected chi connectivity index (χ1v) is 13.5. The molecule has 1 heterocycles. The Labute approximate surface area is 202 Å². The Morgan fingerprint density at radius 2 is 1.91 bits per heavy atom. The van der Waals surface area contributed by atoms with Crippen molar-refractivity contribution in [2.45, 2.75) is 56.5 Å². The van der Waals surface area contributed by atoms with Crippen molar-refractivity contribution in [3.8, 4) is 12.3 Å². The topological polar surface area (TPSA) is 71.7 Å². The summed E-state index contributed by atoms with van der Waals surface area (Å²) >= 11 is 1.17. The second-order valence-electron chi connectivity index (χ2n) is 8.20. The fraction of sp³-hybridized carbons (Fsp3) is 0.360. The van der Waals surface area contributed by atoms with Crippen molar-refractivity contribution in [2.75, 3.05) is 6.54 Å². The van der Waals surface area contributed by atoms with E-state index in [0.717, 1.165) is 32.1 Å². The minimum Gasteiger partial charge on any atom is -0.302 e. The van der Waals surface area contributed by atoms with Crippen LogP contribution in [-0.2, 0) is 16.6 Å². The van der Waals surface area contributed by atoms with E-state index in [9.17, 15) is 17.6 Å². The van der Waals surface area contributed by atoms with E-state index < -0.39 is 21.7 Å². The van der Waals surface area contributed by atoms with Gasteiger partial charge in [-0.2, -0.15) is 9.30 Å². The SMILES string of the molecule is C#CCn1c(=NC(=O)c2ccc(S(=O)(=O)N(CC)C3CCCCC3)cc2)sc2cccc(F)c21. The molecule has 34 heavy (non-hydrogen) atoms. The number of rotatable bonds is 6. The first-order chi connectivity index (χ1) is 16.4. The fourth-order valence-electron chi connectivity index (χ4n) is 4.46. The lowest BCUT2D eigenvalue weighted by molar-refractivity contribution is 0.0997. The molecule has 0 saturated heterocycles. The molecule has 1 saturated carbocycles. The molecule has 0 atom stereocenters. The molecule has 0 radical (unpaired) electrons. The highest BCUT2D eigenvalue weighted by atomic mass is 32.2. The maximum Gasteiger partial charge on any atom is 0.279 e. The largest absolute Gasteiger partial charge is 0.302 e. The van der Waals surface area contributed by atoms with Crippen LogP contribution in [0.5, 0.6) is 0 Å². The van der Waals surface area contributed by atoms with Crippen LogP contribution in [0.1, 0.15) is 49.4 Å². The molecule has 1 aliphatic carbocycles. The Balaban J connectivity index is 1.64. The average Bonchev–Trinajstić information content (AvgIpc) is 3.18. The van der Waals surface area contributed by atoms with Crippen LogP contribution in [-0.4, -0.2) is 35.8 Å². The van der Waals surface area contributed by atoms with Crippen molar-refractivity contribution >= 4 is 37.5 Å². The number of aromatic nitrogens is 1. The number of hydrogen-bond acceptors (Lipinski definition) is 4. The number of nitrogens with zero attached hydrogens (tertiary/aromatic N) is 3. The van der Waals surface area contributed by atoms with Gasteiger partial charge in [-0.05, 0) is 49.2 Å². The van der Waals surface area contributed by atoms with Gasteiger partial charge in [0.15, 0.2) is 4.80 Å². The third kappa shape index (κ3) is 4.71. The van der Waals surface area contributed by atoms with Gasteiger partial charge in [0.2, 0.25) is 10.0 Å². The number of carbonyl (C=O) groups excluding carboxylic acids is 1. The number of terminal acetylenes is 1. The monoisotopic (exact) mass is 499 g/mol. The van der Waals surface area contributed by atoms with E-state index in [4.69, 9.17) is 6.42 Å². The van der Waals surface area contributed by atoms with Crippen molar-refractivity contribution in [3.63, 3.8) is 0 Å². The molecule has 0 bridgehead atoms. The summed E-state index contributed by atoms with van der Waals surface area (Å²) in [5.74, 6) is 1.48. The second kappa shape index (κ2) is 10.2. The molecule has 1 amide bonds. The van der Waals surface area contributed by atoms with Crippen LogP contribution in [0.25, 0.3) is 10.2 Å². The Bertz CT molecular complexity index is 1410. The van der Waals surface area contributed by atoms with E-state index in [-0.39, 0.29) is 27.8 Å². The second-order valence-corrected chi connectivity index (χ2v) is 11.1. The Morgan fingerprint density at radius 3 is 2.56 bits per heavy atom. The number of para-hydroxylation sites is 1. The van der Waals surface area contributed by atoms with Gasteiger partial charge < -0.3 is 4.57 Å². The number of benzene rings is 2. The van der Waals surface area contributed by atoms with Gasteiger partial charge in [-0.15, -0.1) is 6.42 Å². The molecule has 0 aliphatic heterocycles. The van der Waals surface area contributed by atoms with Gasteiger partial charge in [0, 0.05) is 18.2 Å². The highest BCUT2D eigenvalue weighted by Gasteiger charge is 2.31. The van der Waals surface area contributed by atoms with Crippen molar-refractivity contribution in [3.05, 3.63) is 58.6 Å². The highest BCUT2D eigenvalue weighted by molar-refractivity contribution is 7.89. The van der Waals surface area contributed by atoms with E-state index in [0.29, 0.717) is 16.8 Å². The molecule has 3 aromatic rings. The summed E-state index contributed by atoms with van der Waals surface area (Å²) in [4.78, 5) is 17.5. The van der Waals surface area contributed by atoms with Gasteiger partial charge in [-0.25, -0.2) is 12.8 Å². The summed E-state index contributed by atoms with van der Waals surface area (Å²) in [7, 11) is -3.66. The van der Waals surface area contributed by atoms with Crippen LogP contribution in [0.4, 0.5) is 4.39 Å². The first kappa shape index (κ1) is 24.3. The van der Waals surface area contributed by atoms with Gasteiger partial charge in [0.1, 0.15) is 5.82 Å². The summed E-state index contributed by atoms with van der Waals surface area (Å²) in [5, 5.41) is 0. The molecular formula is C25H26FN3O3S2. The molecule has 1 fully saturated rings. The predicted octanol–water partition coefficient (Wildman–Crippen LogP) is 4.56. The minimum absolute atomic E-state index is 0.0139. The van der Waals surface area contributed by atoms with Gasteiger partial charge in [0.25, 0.3) is 5.91 Å². The molecule has 6 nitrogen and oxygen atoms in total. The highest BCUT2D eigenvalue weighted by Crippen LogP contribution is 2.28. The van der Waals surface area contributed by atoms with Crippen LogP contribution >= 0.6 is 11.3 Å². The van der Waals surface area contributed by atoms with E-state index in [1.165, 1.54) is 46.2 Å². The molecule has 0 N–H and O–H groups in total. The van der Waals surface area contributed by atoms with E-state index in [1.807, 2.05) is 6.92 Å². The number of amides is 1. The fourth-order valence-corrected chi connectivity index (χ4v) is 7.20. The summed E-state index contributed by atoms with van der Waals surface area (Å²) in [6, 6.07) is 10.5. The summed E-state index contributed by atoms with van der Waals surface area (Å²) in [6.07, 6.45) is 10.4. The van der Waals surface area contributed by atoms with Crippen molar-refractivity contribution in [2.24, 2.45) is 4.99 Å². The summed E-state index contributed by atoms with van der Waals surface area (Å²) in [5.41, 5.74) is 0.547. The zero-order valence-corrected chi connectivity index (χ0v) is 20.5. The lowest BCUT2D eigenvalue weighted by Gasteiger charge is -2.32. The molecule has 1 aromatic heterocycles. The molecule has 4 rings (SSSR count). The molecule has 9 heteroatoms. The summed E-state index contributed by atoms with van der Waals surface area (Å²) in [6.45, 7) is 2.32.